The minimum atomic E-state index is -3.38. The molecule has 3 rings (SSSR count). The van der Waals surface area contributed by atoms with Gasteiger partial charge in [0.15, 0.2) is 15.6 Å². The Morgan fingerprint density at radius 3 is 2.65 bits per heavy atom. The van der Waals surface area contributed by atoms with Crippen LogP contribution in [0.2, 0.25) is 0 Å². The third-order valence-corrected chi connectivity index (χ3v) is 4.81. The molecule has 2 heterocycles. The molecule has 0 aliphatic carbocycles. The molecule has 0 saturated carbocycles. The minimum absolute atomic E-state index is 0.132. The predicted molar refractivity (Wildman–Crippen MR) is 85.3 cm³/mol. The molecule has 0 radical (unpaired) electrons. The van der Waals surface area contributed by atoms with Crippen molar-refractivity contribution in [1.29, 1.82) is 0 Å². The van der Waals surface area contributed by atoms with E-state index < -0.39 is 9.84 Å². The average Bonchev–Trinajstić information content (AvgIpc) is 3.09. The Balaban J connectivity index is 1.74. The van der Waals surface area contributed by atoms with Gasteiger partial charge in [-0.25, -0.2) is 13.4 Å². The Morgan fingerprint density at radius 1 is 1.17 bits per heavy atom. The molecule has 0 aliphatic rings. The van der Waals surface area contributed by atoms with Crippen LogP contribution in [0.3, 0.4) is 0 Å². The Labute approximate surface area is 134 Å². The molecule has 0 atom stereocenters. The van der Waals surface area contributed by atoms with Crippen molar-refractivity contribution in [2.24, 2.45) is 0 Å². The molecule has 3 aromatic rings. The Hall–Kier alpha value is -2.41. The molecule has 0 aliphatic heterocycles. The molecule has 2 aromatic heterocycles. The van der Waals surface area contributed by atoms with Crippen molar-refractivity contribution in [1.82, 2.24) is 14.7 Å². The van der Waals surface area contributed by atoms with E-state index in [4.69, 9.17) is 4.52 Å². The first kappa shape index (κ1) is 15.5. The van der Waals surface area contributed by atoms with Crippen LogP contribution < -0.4 is 0 Å². The molecule has 0 spiro atoms. The van der Waals surface area contributed by atoms with E-state index in [1.165, 1.54) is 0 Å². The lowest BCUT2D eigenvalue weighted by molar-refractivity contribution is 0.388. The van der Waals surface area contributed by atoms with Gasteiger partial charge in [0.1, 0.15) is 17.3 Å². The molecular weight excluding hydrogens is 314 g/mol. The quantitative estimate of drug-likeness (QED) is 0.693. The zero-order valence-corrected chi connectivity index (χ0v) is 13.5. The Bertz CT molecular complexity index is 882. The predicted octanol–water partition coefficient (Wildman–Crippen LogP) is 2.34. The molecule has 6 nitrogen and oxygen atoms in total. The summed E-state index contributed by atoms with van der Waals surface area (Å²) < 4.78 is 31.5. The molecule has 0 bridgehead atoms. The second-order valence-corrected chi connectivity index (χ2v) is 7.49. The van der Waals surface area contributed by atoms with E-state index in [2.05, 4.69) is 10.1 Å². The van der Waals surface area contributed by atoms with Gasteiger partial charge in [0.05, 0.1) is 5.69 Å². The van der Waals surface area contributed by atoms with Gasteiger partial charge >= 0.3 is 0 Å². The van der Waals surface area contributed by atoms with Crippen molar-refractivity contribution < 1.29 is 12.9 Å². The van der Waals surface area contributed by atoms with Gasteiger partial charge in [0, 0.05) is 25.0 Å². The van der Waals surface area contributed by atoms with Crippen molar-refractivity contribution in [3.63, 3.8) is 0 Å². The minimum Gasteiger partial charge on any atom is -0.360 e. The van der Waals surface area contributed by atoms with Crippen molar-refractivity contribution >= 4 is 9.84 Å². The van der Waals surface area contributed by atoms with Gasteiger partial charge in [-0.3, -0.25) is 0 Å². The van der Waals surface area contributed by atoms with E-state index in [9.17, 15) is 8.42 Å². The van der Waals surface area contributed by atoms with Crippen molar-refractivity contribution in [2.45, 2.75) is 25.0 Å². The average molecular weight is 331 g/mol. The summed E-state index contributed by atoms with van der Waals surface area (Å²) in [4.78, 5) is 4.18. The van der Waals surface area contributed by atoms with Gasteiger partial charge in [0.25, 0.3) is 0 Å². The van der Waals surface area contributed by atoms with Crippen LogP contribution in [0.15, 0.2) is 53.3 Å². The van der Waals surface area contributed by atoms with Crippen LogP contribution in [0.4, 0.5) is 0 Å². The Morgan fingerprint density at radius 2 is 1.96 bits per heavy atom. The van der Waals surface area contributed by atoms with Gasteiger partial charge in [-0.15, -0.1) is 0 Å². The van der Waals surface area contributed by atoms with E-state index in [0.717, 1.165) is 5.56 Å². The van der Waals surface area contributed by atoms with E-state index in [0.29, 0.717) is 23.8 Å². The smallest absolute Gasteiger partial charge is 0.164 e. The summed E-state index contributed by atoms with van der Waals surface area (Å²) in [6.45, 7) is 2.35. The van der Waals surface area contributed by atoms with E-state index >= 15 is 0 Å². The molecule has 0 amide bonds. The monoisotopic (exact) mass is 331 g/mol. The molecule has 0 saturated heterocycles. The normalized spacial score (nSPS) is 11.7. The van der Waals surface area contributed by atoms with Gasteiger partial charge in [-0.1, -0.05) is 35.5 Å². The molecule has 0 N–H and O–H groups in total. The summed E-state index contributed by atoms with van der Waals surface area (Å²) in [6.07, 6.45) is 3.41. The van der Waals surface area contributed by atoms with E-state index in [1.54, 1.807) is 25.4 Å². The van der Waals surface area contributed by atoms with Crippen LogP contribution in [-0.4, -0.2) is 23.1 Å². The lowest BCUT2D eigenvalue weighted by Crippen LogP contribution is -2.13. The van der Waals surface area contributed by atoms with Crippen LogP contribution in [0.5, 0.6) is 0 Å². The fourth-order valence-electron chi connectivity index (χ4n) is 2.35. The maximum atomic E-state index is 12.3. The number of imidazole rings is 1. The highest BCUT2D eigenvalue weighted by Crippen LogP contribution is 2.13. The number of rotatable bonds is 6. The Kier molecular flexibility index (Phi) is 4.29. The molecule has 1 aromatic carbocycles. The number of nitrogens with zero attached hydrogens (tertiary/aromatic N) is 3. The lowest BCUT2D eigenvalue weighted by Gasteiger charge is -2.08. The van der Waals surface area contributed by atoms with Gasteiger partial charge in [-0.2, -0.15) is 0 Å². The van der Waals surface area contributed by atoms with Crippen LogP contribution in [0.1, 0.15) is 22.8 Å². The van der Waals surface area contributed by atoms with Crippen molar-refractivity contribution in [3.05, 3.63) is 71.6 Å². The van der Waals surface area contributed by atoms with E-state index in [-0.39, 0.29) is 11.5 Å². The molecule has 120 valence electrons. The summed E-state index contributed by atoms with van der Waals surface area (Å²) >= 11 is 0. The summed E-state index contributed by atoms with van der Waals surface area (Å²) in [5, 5.41) is 3.71. The number of aryl methyl sites for hydroxylation is 1. The van der Waals surface area contributed by atoms with Crippen LogP contribution in [0.25, 0.3) is 0 Å². The van der Waals surface area contributed by atoms with Crippen LogP contribution in [-0.2, 0) is 27.9 Å². The first-order valence-corrected chi connectivity index (χ1v) is 9.00. The summed E-state index contributed by atoms with van der Waals surface area (Å²) in [7, 11) is -3.38. The lowest BCUT2D eigenvalue weighted by atomic mass is 10.2. The number of hydrogen-bond acceptors (Lipinski definition) is 5. The summed E-state index contributed by atoms with van der Waals surface area (Å²) in [5.74, 6) is 0.562. The maximum absolute atomic E-state index is 12.3. The zero-order valence-electron chi connectivity index (χ0n) is 12.7. The first-order valence-electron chi connectivity index (χ1n) is 7.18. The molecule has 0 fully saturated rings. The number of hydrogen-bond donors (Lipinski definition) is 0. The van der Waals surface area contributed by atoms with Crippen LogP contribution >= 0.6 is 0 Å². The standard InChI is InChI=1S/C16H17N3O3S/c1-13-9-15(22-18-13)11-23(20,21)12-16-17-7-8-19(16)10-14-5-3-2-4-6-14/h2-9H,10-12H2,1H3. The highest BCUT2D eigenvalue weighted by molar-refractivity contribution is 7.89. The van der Waals surface area contributed by atoms with Crippen LogP contribution in [0, 0.1) is 6.92 Å². The second-order valence-electron chi connectivity index (χ2n) is 5.42. The number of aromatic nitrogens is 3. The highest BCUT2D eigenvalue weighted by Gasteiger charge is 2.19. The second kappa shape index (κ2) is 6.37. The number of sulfone groups is 1. The molecular formula is C16H17N3O3S. The molecule has 7 heteroatoms. The van der Waals surface area contributed by atoms with E-state index in [1.807, 2.05) is 34.9 Å². The fourth-order valence-corrected chi connectivity index (χ4v) is 3.66. The summed E-state index contributed by atoms with van der Waals surface area (Å²) in [5.41, 5.74) is 1.76. The molecule has 23 heavy (non-hydrogen) atoms. The largest absolute Gasteiger partial charge is 0.360 e. The zero-order chi connectivity index (χ0) is 16.3. The first-order chi connectivity index (χ1) is 11.0. The van der Waals surface area contributed by atoms with Crippen molar-refractivity contribution in [2.75, 3.05) is 0 Å². The van der Waals surface area contributed by atoms with Crippen molar-refractivity contribution in [3.8, 4) is 0 Å². The van der Waals surface area contributed by atoms with Gasteiger partial charge in [0.2, 0.25) is 0 Å². The SMILES string of the molecule is Cc1cc(CS(=O)(=O)Cc2nccn2Cc2ccccc2)on1. The number of benzene rings is 1. The highest BCUT2D eigenvalue weighted by atomic mass is 32.2. The molecule has 0 unspecified atom stereocenters. The summed E-state index contributed by atoms with van der Waals surface area (Å²) in [6, 6.07) is 11.5. The fraction of sp³-hybridized carbons (Fsp3) is 0.250. The third-order valence-electron chi connectivity index (χ3n) is 3.39. The van der Waals surface area contributed by atoms with Gasteiger partial charge < -0.3 is 9.09 Å². The van der Waals surface area contributed by atoms with Gasteiger partial charge in [-0.05, 0) is 12.5 Å². The maximum Gasteiger partial charge on any atom is 0.164 e. The topological polar surface area (TPSA) is 78.0 Å². The third kappa shape index (κ3) is 4.07.